The first-order valence-corrected chi connectivity index (χ1v) is 6.09. The van der Waals surface area contributed by atoms with Gasteiger partial charge < -0.3 is 10.1 Å². The summed E-state index contributed by atoms with van der Waals surface area (Å²) in [6, 6.07) is 8.84. The second-order valence-corrected chi connectivity index (χ2v) is 4.26. The third-order valence-electron chi connectivity index (χ3n) is 2.89. The third-order valence-corrected chi connectivity index (χ3v) is 2.89. The molecule has 1 aliphatic carbocycles. The third kappa shape index (κ3) is 3.75. The van der Waals surface area contributed by atoms with Crippen LogP contribution in [0.2, 0.25) is 0 Å². The Balaban J connectivity index is 1.78. The minimum Gasteiger partial charge on any atom is -0.490 e. The number of rotatable bonds is 6. The Morgan fingerprint density at radius 3 is 2.59 bits per heavy atom. The first kappa shape index (κ1) is 11.9. The maximum absolute atomic E-state index is 5.44. The average Bonchev–Trinajstić information content (AvgIpc) is 2.88. The fraction of sp³-hybridized carbons (Fsp3) is 0.333. The highest BCUT2D eigenvalue weighted by atomic mass is 16.5. The molecule has 1 aromatic carbocycles. The van der Waals surface area contributed by atoms with Gasteiger partial charge in [0.05, 0.1) is 0 Å². The Morgan fingerprint density at radius 2 is 1.94 bits per heavy atom. The van der Waals surface area contributed by atoms with Gasteiger partial charge >= 0.3 is 0 Å². The highest BCUT2D eigenvalue weighted by molar-refractivity contribution is 5.27. The van der Waals surface area contributed by atoms with Crippen molar-refractivity contribution in [3.05, 3.63) is 54.6 Å². The molecule has 0 aromatic heterocycles. The maximum Gasteiger partial charge on any atom is 0.119 e. The van der Waals surface area contributed by atoms with E-state index >= 15 is 0 Å². The lowest BCUT2D eigenvalue weighted by molar-refractivity contribution is 0.363. The molecule has 0 bridgehead atoms. The molecule has 0 spiro atoms. The molecule has 0 amide bonds. The fourth-order valence-corrected chi connectivity index (χ4v) is 1.90. The lowest BCUT2D eigenvalue weighted by Gasteiger charge is -2.12. The van der Waals surface area contributed by atoms with Gasteiger partial charge in [-0.2, -0.15) is 0 Å². The normalized spacial score (nSPS) is 15.1. The molecule has 0 saturated carbocycles. The zero-order valence-corrected chi connectivity index (χ0v) is 10.1. The van der Waals surface area contributed by atoms with Crippen molar-refractivity contribution in [2.75, 3.05) is 6.61 Å². The Labute approximate surface area is 103 Å². The van der Waals surface area contributed by atoms with Crippen LogP contribution >= 0.6 is 0 Å². The monoisotopic (exact) mass is 229 g/mol. The van der Waals surface area contributed by atoms with Crippen LogP contribution in [0.4, 0.5) is 0 Å². The molecule has 1 N–H and O–H groups in total. The molecule has 0 unspecified atom stereocenters. The molecule has 2 nitrogen and oxygen atoms in total. The number of nitrogens with one attached hydrogen (secondary N) is 1. The zero-order chi connectivity index (χ0) is 11.9. The molecule has 0 saturated heterocycles. The number of hydrogen-bond acceptors (Lipinski definition) is 2. The minimum atomic E-state index is 0.561. The molecule has 0 radical (unpaired) electrons. The maximum atomic E-state index is 5.44. The molecule has 0 heterocycles. The smallest absolute Gasteiger partial charge is 0.119 e. The topological polar surface area (TPSA) is 21.3 Å². The van der Waals surface area contributed by atoms with Gasteiger partial charge in [-0.15, -0.1) is 0 Å². The van der Waals surface area contributed by atoms with Crippen molar-refractivity contribution in [2.24, 2.45) is 0 Å². The SMILES string of the molecule is C=CCOc1ccc(CNC2CC=CC2)cc1. The zero-order valence-electron chi connectivity index (χ0n) is 10.1. The highest BCUT2D eigenvalue weighted by Crippen LogP contribution is 2.14. The van der Waals surface area contributed by atoms with E-state index in [1.54, 1.807) is 6.08 Å². The summed E-state index contributed by atoms with van der Waals surface area (Å²) in [6.45, 7) is 5.11. The number of ether oxygens (including phenoxy) is 1. The van der Waals surface area contributed by atoms with E-state index in [0.717, 1.165) is 25.1 Å². The van der Waals surface area contributed by atoms with Crippen LogP contribution in [0.25, 0.3) is 0 Å². The van der Waals surface area contributed by atoms with Crippen LogP contribution in [-0.4, -0.2) is 12.6 Å². The second kappa shape index (κ2) is 6.26. The van der Waals surface area contributed by atoms with E-state index in [1.807, 2.05) is 12.1 Å². The van der Waals surface area contributed by atoms with Gasteiger partial charge in [0.2, 0.25) is 0 Å². The fourth-order valence-electron chi connectivity index (χ4n) is 1.90. The van der Waals surface area contributed by atoms with Gasteiger partial charge in [0.25, 0.3) is 0 Å². The van der Waals surface area contributed by atoms with Gasteiger partial charge in [-0.25, -0.2) is 0 Å². The van der Waals surface area contributed by atoms with Crippen molar-refractivity contribution in [1.29, 1.82) is 0 Å². The van der Waals surface area contributed by atoms with Crippen LogP contribution in [0.1, 0.15) is 18.4 Å². The first-order valence-electron chi connectivity index (χ1n) is 6.09. The van der Waals surface area contributed by atoms with Crippen molar-refractivity contribution in [2.45, 2.75) is 25.4 Å². The standard InChI is InChI=1S/C15H19NO/c1-2-11-17-15-9-7-13(8-10-15)12-16-14-5-3-4-6-14/h2-4,7-10,14,16H,1,5-6,11-12H2. The number of hydrogen-bond donors (Lipinski definition) is 1. The molecule has 2 heteroatoms. The summed E-state index contributed by atoms with van der Waals surface area (Å²) in [5.41, 5.74) is 1.29. The molecule has 17 heavy (non-hydrogen) atoms. The number of benzene rings is 1. The average molecular weight is 229 g/mol. The van der Waals surface area contributed by atoms with Gasteiger partial charge in [0.15, 0.2) is 0 Å². The van der Waals surface area contributed by atoms with E-state index in [-0.39, 0.29) is 0 Å². The summed E-state index contributed by atoms with van der Waals surface area (Å²) in [7, 11) is 0. The van der Waals surface area contributed by atoms with Crippen LogP contribution in [0.5, 0.6) is 5.75 Å². The Hall–Kier alpha value is -1.54. The largest absolute Gasteiger partial charge is 0.490 e. The van der Waals surface area contributed by atoms with Crippen LogP contribution in [0, 0.1) is 0 Å². The van der Waals surface area contributed by atoms with Gasteiger partial charge in [0, 0.05) is 12.6 Å². The summed E-state index contributed by atoms with van der Waals surface area (Å²) >= 11 is 0. The van der Waals surface area contributed by atoms with Crippen LogP contribution in [0.3, 0.4) is 0 Å². The Kier molecular flexibility index (Phi) is 4.39. The molecule has 2 rings (SSSR count). The minimum absolute atomic E-state index is 0.561. The van der Waals surface area contributed by atoms with E-state index in [2.05, 4.69) is 36.2 Å². The lowest BCUT2D eigenvalue weighted by atomic mass is 10.2. The second-order valence-electron chi connectivity index (χ2n) is 4.26. The van der Waals surface area contributed by atoms with E-state index < -0.39 is 0 Å². The van der Waals surface area contributed by atoms with Crippen LogP contribution < -0.4 is 10.1 Å². The van der Waals surface area contributed by atoms with E-state index in [9.17, 15) is 0 Å². The molecular formula is C15H19NO. The molecule has 1 aliphatic rings. The van der Waals surface area contributed by atoms with Crippen molar-refractivity contribution < 1.29 is 4.74 Å². The van der Waals surface area contributed by atoms with E-state index in [4.69, 9.17) is 4.74 Å². The van der Waals surface area contributed by atoms with E-state index in [1.165, 1.54) is 5.56 Å². The molecular weight excluding hydrogens is 210 g/mol. The molecule has 90 valence electrons. The Morgan fingerprint density at radius 1 is 1.24 bits per heavy atom. The molecule has 0 fully saturated rings. The summed E-state index contributed by atoms with van der Waals surface area (Å²) in [6.07, 6.45) is 8.54. The summed E-state index contributed by atoms with van der Waals surface area (Å²) in [5, 5.41) is 3.54. The van der Waals surface area contributed by atoms with Crippen molar-refractivity contribution in [3.8, 4) is 5.75 Å². The Bertz CT molecular complexity index is 372. The van der Waals surface area contributed by atoms with Gasteiger partial charge in [-0.05, 0) is 30.5 Å². The molecule has 0 aliphatic heterocycles. The van der Waals surface area contributed by atoms with E-state index in [0.29, 0.717) is 12.6 Å². The lowest BCUT2D eigenvalue weighted by Crippen LogP contribution is -2.25. The highest BCUT2D eigenvalue weighted by Gasteiger charge is 2.08. The quantitative estimate of drug-likeness (QED) is 0.757. The summed E-state index contributed by atoms with van der Waals surface area (Å²) in [5.74, 6) is 0.899. The summed E-state index contributed by atoms with van der Waals surface area (Å²) in [4.78, 5) is 0. The molecule has 1 aromatic rings. The van der Waals surface area contributed by atoms with Crippen molar-refractivity contribution in [1.82, 2.24) is 5.32 Å². The van der Waals surface area contributed by atoms with Crippen LogP contribution in [-0.2, 0) is 6.54 Å². The van der Waals surface area contributed by atoms with Gasteiger partial charge in [-0.1, -0.05) is 36.9 Å². The van der Waals surface area contributed by atoms with Crippen LogP contribution in [0.15, 0.2) is 49.1 Å². The first-order chi connectivity index (χ1) is 8.38. The summed E-state index contributed by atoms with van der Waals surface area (Å²) < 4.78 is 5.44. The van der Waals surface area contributed by atoms with Crippen molar-refractivity contribution in [3.63, 3.8) is 0 Å². The van der Waals surface area contributed by atoms with Gasteiger partial charge in [-0.3, -0.25) is 0 Å². The van der Waals surface area contributed by atoms with Gasteiger partial charge in [0.1, 0.15) is 12.4 Å². The molecule has 0 atom stereocenters. The predicted molar refractivity (Wildman–Crippen MR) is 71.1 cm³/mol. The predicted octanol–water partition coefficient (Wildman–Crippen LogP) is 3.06. The van der Waals surface area contributed by atoms with Crippen molar-refractivity contribution >= 4 is 0 Å².